The molecular formula is C16H24N2O2. The summed E-state index contributed by atoms with van der Waals surface area (Å²) in [6, 6.07) is 7.37. The first-order valence-electron chi connectivity index (χ1n) is 7.51. The van der Waals surface area contributed by atoms with Gasteiger partial charge in [-0.25, -0.2) is 0 Å². The van der Waals surface area contributed by atoms with Gasteiger partial charge >= 0.3 is 0 Å². The third-order valence-electron chi connectivity index (χ3n) is 3.60. The molecule has 1 atom stereocenters. The van der Waals surface area contributed by atoms with Crippen LogP contribution in [-0.4, -0.2) is 32.1 Å². The summed E-state index contributed by atoms with van der Waals surface area (Å²) in [5, 5.41) is 6.29. The van der Waals surface area contributed by atoms with Gasteiger partial charge in [-0.2, -0.15) is 0 Å². The lowest BCUT2D eigenvalue weighted by Crippen LogP contribution is -2.30. The second kappa shape index (κ2) is 7.90. The molecule has 20 heavy (non-hydrogen) atoms. The van der Waals surface area contributed by atoms with Crippen LogP contribution in [0.2, 0.25) is 0 Å². The van der Waals surface area contributed by atoms with Crippen molar-refractivity contribution in [2.75, 3.05) is 26.2 Å². The summed E-state index contributed by atoms with van der Waals surface area (Å²) in [6.07, 6.45) is 3.32. The normalized spacial score (nSPS) is 17.9. The Bertz CT molecular complexity index is 411. The minimum atomic E-state index is -0.00277. The highest BCUT2D eigenvalue weighted by atomic mass is 16.5. The number of hydrogen-bond donors (Lipinski definition) is 2. The largest absolute Gasteiger partial charge is 0.494 e. The van der Waals surface area contributed by atoms with E-state index in [4.69, 9.17) is 4.74 Å². The monoisotopic (exact) mass is 276 g/mol. The van der Waals surface area contributed by atoms with Crippen molar-refractivity contribution >= 4 is 5.91 Å². The van der Waals surface area contributed by atoms with Gasteiger partial charge in [-0.1, -0.05) is 13.3 Å². The number of amides is 1. The van der Waals surface area contributed by atoms with Crippen LogP contribution in [0.5, 0.6) is 5.75 Å². The van der Waals surface area contributed by atoms with Crippen LogP contribution < -0.4 is 15.4 Å². The van der Waals surface area contributed by atoms with E-state index in [1.165, 1.54) is 0 Å². The van der Waals surface area contributed by atoms with Crippen LogP contribution in [0.4, 0.5) is 0 Å². The Kier molecular flexibility index (Phi) is 5.87. The zero-order valence-electron chi connectivity index (χ0n) is 12.2. The van der Waals surface area contributed by atoms with Gasteiger partial charge in [-0.05, 0) is 56.1 Å². The van der Waals surface area contributed by atoms with Gasteiger partial charge < -0.3 is 15.4 Å². The third-order valence-corrected chi connectivity index (χ3v) is 3.60. The van der Waals surface area contributed by atoms with Crippen molar-refractivity contribution < 1.29 is 9.53 Å². The standard InChI is InChI=1S/C16H24N2O2/c1-2-3-10-20-15-6-4-14(5-7-15)16(19)18-12-13-8-9-17-11-13/h4-7,13,17H,2-3,8-12H2,1H3,(H,18,19). The van der Waals surface area contributed by atoms with Gasteiger partial charge in [0, 0.05) is 12.1 Å². The quantitative estimate of drug-likeness (QED) is 0.751. The highest BCUT2D eigenvalue weighted by molar-refractivity contribution is 5.94. The SMILES string of the molecule is CCCCOc1ccc(C(=O)NCC2CCNC2)cc1. The number of rotatable bonds is 7. The van der Waals surface area contributed by atoms with Crippen LogP contribution in [0.3, 0.4) is 0 Å². The van der Waals surface area contributed by atoms with Crippen LogP contribution in [0.15, 0.2) is 24.3 Å². The number of unbranched alkanes of at least 4 members (excludes halogenated alkanes) is 1. The van der Waals surface area contributed by atoms with Gasteiger partial charge in [0.15, 0.2) is 0 Å². The molecule has 110 valence electrons. The van der Waals surface area contributed by atoms with Gasteiger partial charge in [0.05, 0.1) is 6.61 Å². The topological polar surface area (TPSA) is 50.4 Å². The Labute approximate surface area is 120 Å². The van der Waals surface area contributed by atoms with Gasteiger partial charge in [0.1, 0.15) is 5.75 Å². The maximum Gasteiger partial charge on any atom is 0.251 e. The van der Waals surface area contributed by atoms with Crippen molar-refractivity contribution in [2.45, 2.75) is 26.2 Å². The fourth-order valence-corrected chi connectivity index (χ4v) is 2.26. The van der Waals surface area contributed by atoms with Gasteiger partial charge in [-0.15, -0.1) is 0 Å². The second-order valence-electron chi connectivity index (χ2n) is 5.30. The second-order valence-corrected chi connectivity index (χ2v) is 5.30. The van der Waals surface area contributed by atoms with Crippen LogP contribution in [-0.2, 0) is 0 Å². The molecule has 1 unspecified atom stereocenters. The Morgan fingerprint density at radius 2 is 2.20 bits per heavy atom. The molecule has 1 amide bonds. The molecule has 2 N–H and O–H groups in total. The van der Waals surface area contributed by atoms with Gasteiger partial charge in [0.2, 0.25) is 0 Å². The van der Waals surface area contributed by atoms with Crippen LogP contribution in [0.25, 0.3) is 0 Å². The fourth-order valence-electron chi connectivity index (χ4n) is 2.26. The van der Waals surface area contributed by atoms with E-state index in [0.717, 1.165) is 51.3 Å². The van der Waals surface area contributed by atoms with Crippen molar-refractivity contribution in [3.8, 4) is 5.75 Å². The molecule has 1 fully saturated rings. The summed E-state index contributed by atoms with van der Waals surface area (Å²) in [7, 11) is 0. The molecule has 0 aromatic heterocycles. The summed E-state index contributed by atoms with van der Waals surface area (Å²) in [6.45, 7) is 5.68. The number of nitrogens with one attached hydrogen (secondary N) is 2. The number of hydrogen-bond acceptors (Lipinski definition) is 3. The van der Waals surface area contributed by atoms with Crippen molar-refractivity contribution in [3.05, 3.63) is 29.8 Å². The van der Waals surface area contributed by atoms with E-state index >= 15 is 0 Å². The molecule has 0 saturated carbocycles. The average molecular weight is 276 g/mol. The van der Waals surface area contributed by atoms with E-state index in [-0.39, 0.29) is 5.91 Å². The molecule has 1 saturated heterocycles. The van der Waals surface area contributed by atoms with E-state index in [0.29, 0.717) is 11.5 Å². The summed E-state index contributed by atoms with van der Waals surface area (Å²) in [5.41, 5.74) is 0.693. The maximum absolute atomic E-state index is 12.0. The molecular weight excluding hydrogens is 252 g/mol. The van der Waals surface area contributed by atoms with Gasteiger partial charge in [-0.3, -0.25) is 4.79 Å². The summed E-state index contributed by atoms with van der Waals surface area (Å²) >= 11 is 0. The molecule has 2 rings (SSSR count). The highest BCUT2D eigenvalue weighted by Gasteiger charge is 2.15. The lowest BCUT2D eigenvalue weighted by Gasteiger charge is -2.10. The summed E-state index contributed by atoms with van der Waals surface area (Å²) in [4.78, 5) is 12.0. The summed E-state index contributed by atoms with van der Waals surface area (Å²) in [5.74, 6) is 1.39. The zero-order chi connectivity index (χ0) is 14.2. The number of carbonyl (C=O) groups is 1. The Morgan fingerprint density at radius 1 is 1.40 bits per heavy atom. The highest BCUT2D eigenvalue weighted by Crippen LogP contribution is 2.13. The van der Waals surface area contributed by atoms with E-state index in [9.17, 15) is 4.79 Å². The van der Waals surface area contributed by atoms with E-state index < -0.39 is 0 Å². The molecule has 0 radical (unpaired) electrons. The minimum Gasteiger partial charge on any atom is -0.494 e. The molecule has 1 aliphatic rings. The number of ether oxygens (including phenoxy) is 1. The lowest BCUT2D eigenvalue weighted by molar-refractivity contribution is 0.0948. The zero-order valence-corrected chi connectivity index (χ0v) is 12.2. The fraction of sp³-hybridized carbons (Fsp3) is 0.562. The molecule has 1 aromatic carbocycles. The molecule has 0 aliphatic carbocycles. The van der Waals surface area contributed by atoms with Crippen molar-refractivity contribution in [1.82, 2.24) is 10.6 Å². The first kappa shape index (κ1) is 14.9. The summed E-state index contributed by atoms with van der Waals surface area (Å²) < 4.78 is 5.58. The minimum absolute atomic E-state index is 0.00277. The van der Waals surface area contributed by atoms with Gasteiger partial charge in [0.25, 0.3) is 5.91 Å². The van der Waals surface area contributed by atoms with Crippen LogP contribution in [0.1, 0.15) is 36.5 Å². The molecule has 0 bridgehead atoms. The predicted molar refractivity (Wildman–Crippen MR) is 80.2 cm³/mol. The molecule has 1 aliphatic heterocycles. The molecule has 1 aromatic rings. The number of benzene rings is 1. The Balaban J connectivity index is 1.77. The number of carbonyl (C=O) groups excluding carboxylic acids is 1. The van der Waals surface area contributed by atoms with Crippen molar-refractivity contribution in [1.29, 1.82) is 0 Å². The molecule has 4 heteroatoms. The van der Waals surface area contributed by atoms with E-state index in [1.54, 1.807) is 0 Å². The van der Waals surface area contributed by atoms with Crippen molar-refractivity contribution in [2.24, 2.45) is 5.92 Å². The first-order chi connectivity index (χ1) is 9.79. The van der Waals surface area contributed by atoms with Crippen molar-refractivity contribution in [3.63, 3.8) is 0 Å². The molecule has 1 heterocycles. The Hall–Kier alpha value is -1.55. The average Bonchev–Trinajstić information content (AvgIpc) is 2.99. The third kappa shape index (κ3) is 4.53. The van der Waals surface area contributed by atoms with E-state index in [2.05, 4.69) is 17.6 Å². The molecule has 4 nitrogen and oxygen atoms in total. The Morgan fingerprint density at radius 3 is 2.85 bits per heavy atom. The van der Waals surface area contributed by atoms with Crippen LogP contribution in [0, 0.1) is 5.92 Å². The predicted octanol–water partition coefficient (Wildman–Crippen LogP) is 2.20. The maximum atomic E-state index is 12.0. The lowest BCUT2D eigenvalue weighted by atomic mass is 10.1. The molecule has 0 spiro atoms. The van der Waals surface area contributed by atoms with Crippen LogP contribution >= 0.6 is 0 Å². The van der Waals surface area contributed by atoms with E-state index in [1.807, 2.05) is 24.3 Å². The smallest absolute Gasteiger partial charge is 0.251 e. The first-order valence-corrected chi connectivity index (χ1v) is 7.51.